The lowest BCUT2D eigenvalue weighted by atomic mass is 10.0. The van der Waals surface area contributed by atoms with Crippen molar-refractivity contribution in [1.29, 1.82) is 0 Å². The van der Waals surface area contributed by atoms with E-state index in [1.807, 2.05) is 0 Å². The van der Waals surface area contributed by atoms with Crippen LogP contribution in [0.25, 0.3) is 0 Å². The van der Waals surface area contributed by atoms with Crippen molar-refractivity contribution < 1.29 is 9.59 Å². The Hall–Kier alpha value is -0.660. The minimum absolute atomic E-state index is 0.132. The number of rotatable bonds is 0. The molecule has 2 unspecified atom stereocenters. The van der Waals surface area contributed by atoms with Crippen LogP contribution >= 0.6 is 0 Å². The summed E-state index contributed by atoms with van der Waals surface area (Å²) in [4.78, 5) is 21.9. The highest BCUT2D eigenvalue weighted by molar-refractivity contribution is 5.93. The average Bonchev–Trinajstić information content (AvgIpc) is 2.35. The fraction of sp³-hybridized carbons (Fsp3) is 0.750. The lowest BCUT2D eigenvalue weighted by Crippen LogP contribution is -2.07. The molecule has 2 saturated carbocycles. The Balaban J connectivity index is 2.19. The third-order valence-corrected chi connectivity index (χ3v) is 2.68. The van der Waals surface area contributed by atoms with Gasteiger partial charge in [-0.15, -0.1) is 0 Å². The van der Waals surface area contributed by atoms with Crippen LogP contribution < -0.4 is 0 Å². The molecule has 0 amide bonds. The number of fused-ring (bicyclic) bond motifs is 1. The first-order valence-electron chi connectivity index (χ1n) is 3.82. The van der Waals surface area contributed by atoms with Crippen LogP contribution in [0.3, 0.4) is 0 Å². The third kappa shape index (κ3) is 0.713. The molecule has 2 fully saturated rings. The van der Waals surface area contributed by atoms with E-state index in [9.17, 15) is 9.59 Å². The van der Waals surface area contributed by atoms with Crippen molar-refractivity contribution in [2.24, 2.45) is 11.8 Å². The van der Waals surface area contributed by atoms with Gasteiger partial charge in [-0.3, -0.25) is 9.59 Å². The molecule has 2 nitrogen and oxygen atoms in total. The zero-order chi connectivity index (χ0) is 7.14. The zero-order valence-corrected chi connectivity index (χ0v) is 5.80. The van der Waals surface area contributed by atoms with E-state index in [1.54, 1.807) is 0 Å². The largest absolute Gasteiger partial charge is 0.300 e. The fourth-order valence-electron chi connectivity index (χ4n) is 2.12. The second-order valence-corrected chi connectivity index (χ2v) is 3.32. The molecule has 0 saturated heterocycles. The monoisotopic (exact) mass is 138 g/mol. The molecule has 0 aromatic heterocycles. The average molecular weight is 138 g/mol. The Morgan fingerprint density at radius 3 is 2.70 bits per heavy atom. The molecule has 2 heteroatoms. The van der Waals surface area contributed by atoms with E-state index in [1.165, 1.54) is 0 Å². The Morgan fingerprint density at radius 2 is 2.00 bits per heavy atom. The second kappa shape index (κ2) is 1.91. The van der Waals surface area contributed by atoms with E-state index in [2.05, 4.69) is 0 Å². The number of carbonyl (C=O) groups excluding carboxylic acids is 2. The number of carbonyl (C=O) groups is 2. The Bertz CT molecular complexity index is 195. The highest BCUT2D eigenvalue weighted by atomic mass is 16.1. The summed E-state index contributed by atoms with van der Waals surface area (Å²) >= 11 is 0. The minimum Gasteiger partial charge on any atom is -0.300 e. The Morgan fingerprint density at radius 1 is 1.20 bits per heavy atom. The van der Waals surface area contributed by atoms with Gasteiger partial charge in [-0.05, 0) is 12.3 Å². The minimum atomic E-state index is 0.132. The maximum Gasteiger partial charge on any atom is 0.136 e. The van der Waals surface area contributed by atoms with Gasteiger partial charge in [0.05, 0.1) is 0 Å². The number of ketones is 2. The maximum atomic E-state index is 11.0. The second-order valence-electron chi connectivity index (χ2n) is 3.32. The summed E-state index contributed by atoms with van der Waals surface area (Å²) in [5, 5.41) is 0. The van der Waals surface area contributed by atoms with E-state index in [-0.39, 0.29) is 5.92 Å². The predicted octanol–water partition coefficient (Wildman–Crippen LogP) is 0.945. The summed E-state index contributed by atoms with van der Waals surface area (Å²) in [5.41, 5.74) is 0. The van der Waals surface area contributed by atoms with Gasteiger partial charge in [0, 0.05) is 25.2 Å². The van der Waals surface area contributed by atoms with E-state index < -0.39 is 0 Å². The number of hydrogen-bond acceptors (Lipinski definition) is 2. The molecule has 0 aliphatic heterocycles. The SMILES string of the molecule is O=C1CC2CCC(=O)C2C1. The molecule has 2 rings (SSSR count). The fourth-order valence-corrected chi connectivity index (χ4v) is 2.12. The van der Waals surface area contributed by atoms with Crippen molar-refractivity contribution in [3.05, 3.63) is 0 Å². The smallest absolute Gasteiger partial charge is 0.136 e. The maximum absolute atomic E-state index is 11.0. The summed E-state index contributed by atoms with van der Waals surface area (Å²) in [7, 11) is 0. The molecule has 0 aromatic carbocycles. The van der Waals surface area contributed by atoms with Gasteiger partial charge in [-0.25, -0.2) is 0 Å². The quantitative estimate of drug-likeness (QED) is 0.499. The van der Waals surface area contributed by atoms with Crippen molar-refractivity contribution in [2.75, 3.05) is 0 Å². The van der Waals surface area contributed by atoms with Crippen molar-refractivity contribution in [2.45, 2.75) is 25.7 Å². The van der Waals surface area contributed by atoms with Gasteiger partial charge in [-0.2, -0.15) is 0 Å². The van der Waals surface area contributed by atoms with Crippen molar-refractivity contribution in [1.82, 2.24) is 0 Å². The molecule has 10 heavy (non-hydrogen) atoms. The van der Waals surface area contributed by atoms with Crippen LogP contribution in [0.4, 0.5) is 0 Å². The first kappa shape index (κ1) is 6.08. The van der Waals surface area contributed by atoms with Crippen LogP contribution in [0.2, 0.25) is 0 Å². The van der Waals surface area contributed by atoms with Crippen molar-refractivity contribution >= 4 is 11.6 Å². The van der Waals surface area contributed by atoms with Crippen LogP contribution in [0.1, 0.15) is 25.7 Å². The van der Waals surface area contributed by atoms with Gasteiger partial charge in [0.2, 0.25) is 0 Å². The van der Waals surface area contributed by atoms with E-state index in [0.717, 1.165) is 12.8 Å². The molecular formula is C8H10O2. The molecule has 0 spiro atoms. The molecule has 54 valence electrons. The van der Waals surface area contributed by atoms with Crippen molar-refractivity contribution in [3.8, 4) is 0 Å². The lowest BCUT2D eigenvalue weighted by molar-refractivity contribution is -0.123. The van der Waals surface area contributed by atoms with E-state index in [0.29, 0.717) is 30.3 Å². The van der Waals surface area contributed by atoms with Crippen LogP contribution in [-0.4, -0.2) is 11.6 Å². The van der Waals surface area contributed by atoms with Gasteiger partial charge in [0.25, 0.3) is 0 Å². The van der Waals surface area contributed by atoms with Gasteiger partial charge < -0.3 is 0 Å². The molecule has 0 aromatic rings. The summed E-state index contributed by atoms with van der Waals surface area (Å²) in [6, 6.07) is 0. The van der Waals surface area contributed by atoms with Crippen molar-refractivity contribution in [3.63, 3.8) is 0 Å². The molecule has 2 atom stereocenters. The highest BCUT2D eigenvalue weighted by Gasteiger charge is 2.41. The summed E-state index contributed by atoms with van der Waals surface area (Å²) in [6.45, 7) is 0. The molecule has 2 aliphatic carbocycles. The molecular weight excluding hydrogens is 128 g/mol. The number of hydrogen-bond donors (Lipinski definition) is 0. The van der Waals surface area contributed by atoms with Gasteiger partial charge >= 0.3 is 0 Å². The third-order valence-electron chi connectivity index (χ3n) is 2.68. The molecule has 2 aliphatic rings. The summed E-state index contributed by atoms with van der Waals surface area (Å²) in [5.74, 6) is 1.19. The number of Topliss-reactive ketones (excluding diaryl/α,β-unsaturated/α-hetero) is 2. The van der Waals surface area contributed by atoms with Crippen LogP contribution in [0.15, 0.2) is 0 Å². The zero-order valence-electron chi connectivity index (χ0n) is 5.80. The molecule has 0 bridgehead atoms. The Labute approximate surface area is 59.6 Å². The molecule has 0 radical (unpaired) electrons. The first-order chi connectivity index (χ1) is 4.77. The topological polar surface area (TPSA) is 34.1 Å². The highest BCUT2D eigenvalue weighted by Crippen LogP contribution is 2.39. The van der Waals surface area contributed by atoms with Gasteiger partial charge in [0.15, 0.2) is 0 Å². The van der Waals surface area contributed by atoms with Crippen LogP contribution in [0.5, 0.6) is 0 Å². The van der Waals surface area contributed by atoms with Gasteiger partial charge in [-0.1, -0.05) is 0 Å². The lowest BCUT2D eigenvalue weighted by Gasteiger charge is -2.01. The van der Waals surface area contributed by atoms with E-state index in [4.69, 9.17) is 0 Å². The van der Waals surface area contributed by atoms with E-state index >= 15 is 0 Å². The van der Waals surface area contributed by atoms with Gasteiger partial charge in [0.1, 0.15) is 11.6 Å². The predicted molar refractivity (Wildman–Crippen MR) is 35.5 cm³/mol. The standard InChI is InChI=1S/C8H10O2/c9-6-3-5-1-2-8(10)7(5)4-6/h5,7H,1-4H2. The normalized spacial score (nSPS) is 38.8. The summed E-state index contributed by atoms with van der Waals surface area (Å²) in [6.07, 6.45) is 2.91. The Kier molecular flexibility index (Phi) is 1.16. The van der Waals surface area contributed by atoms with Crippen LogP contribution in [-0.2, 0) is 9.59 Å². The summed E-state index contributed by atoms with van der Waals surface area (Å²) < 4.78 is 0. The first-order valence-corrected chi connectivity index (χ1v) is 3.82. The molecule has 0 heterocycles. The van der Waals surface area contributed by atoms with Crippen LogP contribution in [0, 0.1) is 11.8 Å². The molecule has 0 N–H and O–H groups in total.